The van der Waals surface area contributed by atoms with E-state index in [1.807, 2.05) is 30.5 Å². The number of aromatic nitrogens is 2. The third-order valence-corrected chi connectivity index (χ3v) is 5.90. The standard InChI is InChI=1S/C15H14N4O2S3/c1-8(13(21)19-14-16-5-6-22-14)23-15-18-11-4-3-10(17-9(2)20)7-12(11)24-15/h3-8H,1-2H3,(H,17,20)(H,16,19,21)/t8-/m0/s1. The Morgan fingerprint density at radius 3 is 2.83 bits per heavy atom. The lowest BCUT2D eigenvalue weighted by Crippen LogP contribution is -2.22. The lowest BCUT2D eigenvalue weighted by molar-refractivity contribution is -0.115. The van der Waals surface area contributed by atoms with Gasteiger partial charge in [0.25, 0.3) is 0 Å². The van der Waals surface area contributed by atoms with Gasteiger partial charge >= 0.3 is 0 Å². The van der Waals surface area contributed by atoms with Crippen molar-refractivity contribution in [2.45, 2.75) is 23.4 Å². The second kappa shape index (κ2) is 7.29. The van der Waals surface area contributed by atoms with Crippen LogP contribution >= 0.6 is 34.4 Å². The molecule has 0 saturated heterocycles. The Morgan fingerprint density at radius 1 is 1.29 bits per heavy atom. The fourth-order valence-electron chi connectivity index (χ4n) is 1.93. The second-order valence-electron chi connectivity index (χ2n) is 4.93. The fraction of sp³-hybridized carbons (Fsp3) is 0.200. The number of benzene rings is 1. The van der Waals surface area contributed by atoms with Crippen LogP contribution in [0.1, 0.15) is 13.8 Å². The van der Waals surface area contributed by atoms with Crippen LogP contribution in [0, 0.1) is 0 Å². The number of amides is 2. The van der Waals surface area contributed by atoms with Gasteiger partial charge in [-0.05, 0) is 25.1 Å². The zero-order valence-electron chi connectivity index (χ0n) is 12.9. The highest BCUT2D eigenvalue weighted by Gasteiger charge is 2.18. The average molecular weight is 379 g/mol. The number of nitrogens with zero attached hydrogens (tertiary/aromatic N) is 2. The lowest BCUT2D eigenvalue weighted by atomic mass is 10.3. The molecular formula is C15H14N4O2S3. The summed E-state index contributed by atoms with van der Waals surface area (Å²) in [7, 11) is 0. The SMILES string of the molecule is CC(=O)Nc1ccc2nc(S[C@@H](C)C(=O)Nc3nccs3)sc2c1. The lowest BCUT2D eigenvalue weighted by Gasteiger charge is -2.07. The van der Waals surface area contributed by atoms with Crippen LogP contribution in [0.3, 0.4) is 0 Å². The number of thioether (sulfide) groups is 1. The minimum Gasteiger partial charge on any atom is -0.326 e. The van der Waals surface area contributed by atoms with Gasteiger partial charge in [-0.3, -0.25) is 9.59 Å². The van der Waals surface area contributed by atoms with E-state index >= 15 is 0 Å². The van der Waals surface area contributed by atoms with Crippen LogP contribution in [-0.4, -0.2) is 27.0 Å². The van der Waals surface area contributed by atoms with Crippen LogP contribution in [-0.2, 0) is 9.59 Å². The van der Waals surface area contributed by atoms with Gasteiger partial charge in [-0.2, -0.15) is 0 Å². The normalized spacial score (nSPS) is 12.1. The summed E-state index contributed by atoms with van der Waals surface area (Å²) >= 11 is 4.29. The van der Waals surface area contributed by atoms with Gasteiger partial charge in [0.1, 0.15) is 0 Å². The van der Waals surface area contributed by atoms with Gasteiger partial charge in [0, 0.05) is 24.2 Å². The van der Waals surface area contributed by atoms with E-state index in [0.717, 1.165) is 20.2 Å². The molecule has 2 aromatic heterocycles. The fourth-order valence-corrected chi connectivity index (χ4v) is 4.71. The van der Waals surface area contributed by atoms with Crippen molar-refractivity contribution in [3.63, 3.8) is 0 Å². The Morgan fingerprint density at radius 2 is 2.12 bits per heavy atom. The Kier molecular flexibility index (Phi) is 5.12. The molecule has 0 aliphatic rings. The molecule has 124 valence electrons. The topological polar surface area (TPSA) is 84.0 Å². The van der Waals surface area contributed by atoms with Crippen molar-refractivity contribution in [1.82, 2.24) is 9.97 Å². The summed E-state index contributed by atoms with van der Waals surface area (Å²) in [6, 6.07) is 5.57. The third kappa shape index (κ3) is 4.11. The van der Waals surface area contributed by atoms with Crippen molar-refractivity contribution in [3.05, 3.63) is 29.8 Å². The quantitative estimate of drug-likeness (QED) is 0.659. The van der Waals surface area contributed by atoms with E-state index in [1.54, 1.807) is 6.20 Å². The zero-order valence-corrected chi connectivity index (χ0v) is 15.3. The Bertz CT molecular complexity index is 876. The van der Waals surface area contributed by atoms with Crippen LogP contribution in [0.15, 0.2) is 34.1 Å². The predicted octanol–water partition coefficient (Wildman–Crippen LogP) is 3.83. The monoisotopic (exact) mass is 378 g/mol. The first-order valence-corrected chi connectivity index (χ1v) is 9.64. The minimum atomic E-state index is -0.288. The number of hydrogen-bond donors (Lipinski definition) is 2. The molecule has 3 rings (SSSR count). The molecule has 2 heterocycles. The maximum atomic E-state index is 12.2. The van der Waals surface area contributed by atoms with Crippen molar-refractivity contribution >= 4 is 67.3 Å². The van der Waals surface area contributed by atoms with E-state index in [2.05, 4.69) is 20.6 Å². The number of rotatable bonds is 5. The van der Waals surface area contributed by atoms with Crippen LogP contribution in [0.2, 0.25) is 0 Å². The first-order valence-electron chi connectivity index (χ1n) is 7.06. The predicted molar refractivity (Wildman–Crippen MR) is 100.0 cm³/mol. The van der Waals surface area contributed by atoms with Gasteiger partial charge in [0.2, 0.25) is 11.8 Å². The maximum absolute atomic E-state index is 12.2. The number of anilines is 2. The van der Waals surface area contributed by atoms with Crippen molar-refractivity contribution in [2.75, 3.05) is 10.6 Å². The molecule has 2 amide bonds. The summed E-state index contributed by atoms with van der Waals surface area (Å²) in [4.78, 5) is 31.9. The minimum absolute atomic E-state index is 0.104. The number of thiazole rings is 2. The van der Waals surface area contributed by atoms with Gasteiger partial charge < -0.3 is 10.6 Å². The summed E-state index contributed by atoms with van der Waals surface area (Å²) in [5.74, 6) is -0.214. The summed E-state index contributed by atoms with van der Waals surface area (Å²) in [5, 5.41) is 7.66. The molecule has 0 saturated carbocycles. The summed E-state index contributed by atoms with van der Waals surface area (Å²) in [6.07, 6.45) is 1.65. The van der Waals surface area contributed by atoms with Crippen LogP contribution in [0.25, 0.3) is 10.2 Å². The van der Waals surface area contributed by atoms with E-state index in [-0.39, 0.29) is 17.1 Å². The number of carbonyl (C=O) groups is 2. The summed E-state index contributed by atoms with van der Waals surface area (Å²) in [5.41, 5.74) is 1.59. The average Bonchev–Trinajstić information content (AvgIpc) is 3.15. The summed E-state index contributed by atoms with van der Waals surface area (Å²) < 4.78 is 1.78. The van der Waals surface area contributed by atoms with E-state index in [4.69, 9.17) is 0 Å². The van der Waals surface area contributed by atoms with Crippen molar-refractivity contribution < 1.29 is 9.59 Å². The number of hydrogen-bond acceptors (Lipinski definition) is 7. The second-order valence-corrected chi connectivity index (χ2v) is 8.44. The van der Waals surface area contributed by atoms with Gasteiger partial charge in [-0.15, -0.1) is 22.7 Å². The van der Waals surface area contributed by atoms with Crippen LogP contribution in [0.4, 0.5) is 10.8 Å². The Labute approximate surface area is 150 Å². The number of fused-ring (bicyclic) bond motifs is 1. The van der Waals surface area contributed by atoms with Crippen LogP contribution in [0.5, 0.6) is 0 Å². The smallest absolute Gasteiger partial charge is 0.239 e. The molecule has 0 radical (unpaired) electrons. The summed E-state index contributed by atoms with van der Waals surface area (Å²) in [6.45, 7) is 3.31. The van der Waals surface area contributed by atoms with E-state index in [0.29, 0.717) is 5.13 Å². The molecule has 0 spiro atoms. The molecule has 0 fully saturated rings. The van der Waals surface area contributed by atoms with Gasteiger partial charge in [-0.1, -0.05) is 11.8 Å². The molecule has 0 unspecified atom stereocenters. The molecule has 3 aromatic rings. The number of nitrogens with one attached hydrogen (secondary N) is 2. The molecule has 24 heavy (non-hydrogen) atoms. The Balaban J connectivity index is 1.70. The first kappa shape index (κ1) is 16.9. The van der Waals surface area contributed by atoms with E-state index in [1.165, 1.54) is 41.4 Å². The molecule has 0 aliphatic carbocycles. The molecule has 0 bridgehead atoms. The molecule has 1 atom stereocenters. The molecule has 6 nitrogen and oxygen atoms in total. The van der Waals surface area contributed by atoms with Crippen molar-refractivity contribution in [1.29, 1.82) is 0 Å². The van der Waals surface area contributed by atoms with Gasteiger partial charge in [0.05, 0.1) is 15.5 Å². The third-order valence-electron chi connectivity index (χ3n) is 3.00. The molecule has 1 aromatic carbocycles. The molecule has 9 heteroatoms. The first-order chi connectivity index (χ1) is 11.5. The zero-order chi connectivity index (χ0) is 17.1. The van der Waals surface area contributed by atoms with Crippen molar-refractivity contribution in [3.8, 4) is 0 Å². The highest BCUT2D eigenvalue weighted by atomic mass is 32.2. The highest BCUT2D eigenvalue weighted by Crippen LogP contribution is 2.33. The van der Waals surface area contributed by atoms with Crippen LogP contribution < -0.4 is 10.6 Å². The van der Waals surface area contributed by atoms with E-state index < -0.39 is 0 Å². The van der Waals surface area contributed by atoms with Gasteiger partial charge in [-0.25, -0.2) is 9.97 Å². The number of carbonyl (C=O) groups excluding carboxylic acids is 2. The molecule has 2 N–H and O–H groups in total. The molecular weight excluding hydrogens is 364 g/mol. The van der Waals surface area contributed by atoms with Crippen molar-refractivity contribution in [2.24, 2.45) is 0 Å². The van der Waals surface area contributed by atoms with Gasteiger partial charge in [0.15, 0.2) is 9.47 Å². The van der Waals surface area contributed by atoms with E-state index in [9.17, 15) is 9.59 Å². The largest absolute Gasteiger partial charge is 0.326 e. The molecule has 0 aliphatic heterocycles. The Hall–Kier alpha value is -1.97. The highest BCUT2D eigenvalue weighted by molar-refractivity contribution is 8.02. The maximum Gasteiger partial charge on any atom is 0.239 e.